The lowest BCUT2D eigenvalue weighted by Gasteiger charge is -2.20. The van der Waals surface area contributed by atoms with Crippen LogP contribution < -0.4 is 11.1 Å². The number of amides is 1. The number of carbonyl (C=O) groups excluding carboxylic acids is 1. The molecule has 0 aromatic carbocycles. The molecule has 0 atom stereocenters. The zero-order chi connectivity index (χ0) is 12.2. The average molecular weight is 241 g/mol. The first-order chi connectivity index (χ1) is 7.45. The van der Waals surface area contributed by atoms with Gasteiger partial charge in [0.05, 0.1) is 10.4 Å². The quantitative estimate of drug-likeness (QED) is 0.811. The summed E-state index contributed by atoms with van der Waals surface area (Å²) >= 11 is 1.63. The minimum Gasteiger partial charge on any atom is -0.355 e. The number of nitrogens with two attached hydrogens (primary N) is 1. The molecule has 0 saturated heterocycles. The van der Waals surface area contributed by atoms with E-state index in [0.29, 0.717) is 13.1 Å². The molecular formula is C11H19N3OS. The highest BCUT2D eigenvalue weighted by Crippen LogP contribution is 2.12. The van der Waals surface area contributed by atoms with E-state index in [1.807, 2.05) is 26.2 Å². The number of thiazole rings is 1. The second kappa shape index (κ2) is 5.41. The number of nitrogens with zero attached hydrogens (tertiary/aromatic N) is 1. The Morgan fingerprint density at radius 3 is 2.81 bits per heavy atom. The van der Waals surface area contributed by atoms with Crippen molar-refractivity contribution in [3.05, 3.63) is 16.1 Å². The summed E-state index contributed by atoms with van der Waals surface area (Å²) < 4.78 is 0. The van der Waals surface area contributed by atoms with Crippen LogP contribution in [0.25, 0.3) is 0 Å². The van der Waals surface area contributed by atoms with Crippen molar-refractivity contribution in [3.8, 4) is 0 Å². The molecular weight excluding hydrogens is 222 g/mol. The maximum atomic E-state index is 11.7. The number of nitrogens with one attached hydrogen (secondary N) is 1. The fourth-order valence-corrected chi connectivity index (χ4v) is 1.91. The van der Waals surface area contributed by atoms with E-state index in [4.69, 9.17) is 5.73 Å². The predicted octanol–water partition coefficient (Wildman–Crippen LogP) is 1.10. The molecule has 0 aliphatic carbocycles. The molecule has 0 unspecified atom stereocenters. The van der Waals surface area contributed by atoms with Crippen LogP contribution in [0.5, 0.6) is 0 Å². The van der Waals surface area contributed by atoms with Gasteiger partial charge >= 0.3 is 0 Å². The minimum absolute atomic E-state index is 0.00304. The summed E-state index contributed by atoms with van der Waals surface area (Å²) in [4.78, 5) is 16.0. The van der Waals surface area contributed by atoms with Gasteiger partial charge in [0.1, 0.15) is 0 Å². The van der Waals surface area contributed by atoms with Crippen molar-refractivity contribution in [2.75, 3.05) is 13.1 Å². The molecule has 1 rings (SSSR count). The van der Waals surface area contributed by atoms with E-state index >= 15 is 0 Å². The number of aromatic nitrogens is 1. The molecule has 0 fully saturated rings. The van der Waals surface area contributed by atoms with Crippen LogP contribution in [0.4, 0.5) is 0 Å². The Morgan fingerprint density at radius 2 is 2.31 bits per heavy atom. The molecule has 3 N–H and O–H groups in total. The van der Waals surface area contributed by atoms with Crippen molar-refractivity contribution < 1.29 is 4.79 Å². The molecule has 16 heavy (non-hydrogen) atoms. The second-order valence-electron chi connectivity index (χ2n) is 4.48. The lowest BCUT2D eigenvalue weighted by Crippen LogP contribution is -2.42. The number of hydrogen-bond acceptors (Lipinski definition) is 4. The minimum atomic E-state index is -0.487. The van der Waals surface area contributed by atoms with Crippen molar-refractivity contribution >= 4 is 17.2 Å². The smallest absolute Gasteiger partial charge is 0.226 e. The highest BCUT2D eigenvalue weighted by atomic mass is 32.1. The molecule has 5 heteroatoms. The van der Waals surface area contributed by atoms with Crippen LogP contribution in [-0.4, -0.2) is 24.0 Å². The molecule has 1 heterocycles. The lowest BCUT2D eigenvalue weighted by atomic mass is 9.93. The Bertz CT molecular complexity index is 360. The average Bonchev–Trinajstić information content (AvgIpc) is 2.64. The maximum absolute atomic E-state index is 11.7. The fraction of sp³-hybridized carbons (Fsp3) is 0.636. The zero-order valence-electron chi connectivity index (χ0n) is 10.0. The van der Waals surface area contributed by atoms with Crippen LogP contribution in [0.1, 0.15) is 24.5 Å². The third-order valence-corrected chi connectivity index (χ3v) is 3.44. The van der Waals surface area contributed by atoms with Crippen LogP contribution in [0.3, 0.4) is 0 Å². The van der Waals surface area contributed by atoms with E-state index in [1.165, 1.54) is 0 Å². The summed E-state index contributed by atoms with van der Waals surface area (Å²) in [6.07, 6.45) is 0.783. The van der Waals surface area contributed by atoms with Gasteiger partial charge in [0, 0.05) is 30.6 Å². The zero-order valence-corrected chi connectivity index (χ0v) is 10.9. The predicted molar refractivity (Wildman–Crippen MR) is 66.4 cm³/mol. The van der Waals surface area contributed by atoms with Gasteiger partial charge in [0.15, 0.2) is 0 Å². The van der Waals surface area contributed by atoms with E-state index in [2.05, 4.69) is 10.3 Å². The van der Waals surface area contributed by atoms with Gasteiger partial charge in [-0.1, -0.05) is 0 Å². The van der Waals surface area contributed by atoms with E-state index in [0.717, 1.165) is 17.1 Å². The molecule has 0 saturated carbocycles. The van der Waals surface area contributed by atoms with Gasteiger partial charge in [-0.2, -0.15) is 0 Å². The molecule has 0 aliphatic rings. The second-order valence-corrected chi connectivity index (χ2v) is 5.42. The molecule has 90 valence electrons. The number of aryl methyl sites for hydroxylation is 1. The van der Waals surface area contributed by atoms with Gasteiger partial charge < -0.3 is 11.1 Å². The van der Waals surface area contributed by atoms with Gasteiger partial charge in [-0.3, -0.25) is 4.79 Å². The first-order valence-electron chi connectivity index (χ1n) is 5.35. The standard InChI is InChI=1S/C11H19N3OS/c1-8-6-16-9(14-8)4-5-13-10(15)11(2,3)7-12/h6H,4-5,7,12H2,1-3H3,(H,13,15). The van der Waals surface area contributed by atoms with Crippen molar-refractivity contribution in [2.24, 2.45) is 11.1 Å². The first-order valence-corrected chi connectivity index (χ1v) is 6.23. The van der Waals surface area contributed by atoms with Crippen molar-refractivity contribution in [3.63, 3.8) is 0 Å². The molecule has 1 aromatic rings. The highest BCUT2D eigenvalue weighted by molar-refractivity contribution is 7.09. The Hall–Kier alpha value is -0.940. The molecule has 4 nitrogen and oxygen atoms in total. The topological polar surface area (TPSA) is 68.0 Å². The van der Waals surface area contributed by atoms with Gasteiger partial charge in [-0.25, -0.2) is 4.98 Å². The summed E-state index contributed by atoms with van der Waals surface area (Å²) in [6.45, 7) is 6.63. The van der Waals surface area contributed by atoms with Crippen molar-refractivity contribution in [1.29, 1.82) is 0 Å². The van der Waals surface area contributed by atoms with E-state index in [-0.39, 0.29) is 5.91 Å². The lowest BCUT2D eigenvalue weighted by molar-refractivity contribution is -0.128. The Morgan fingerprint density at radius 1 is 1.62 bits per heavy atom. The van der Waals surface area contributed by atoms with Crippen LogP contribution in [-0.2, 0) is 11.2 Å². The third-order valence-electron chi connectivity index (χ3n) is 2.42. The monoisotopic (exact) mass is 241 g/mol. The van der Waals surface area contributed by atoms with Crippen molar-refractivity contribution in [2.45, 2.75) is 27.2 Å². The molecule has 1 amide bonds. The van der Waals surface area contributed by atoms with Gasteiger partial charge in [0.2, 0.25) is 5.91 Å². The van der Waals surface area contributed by atoms with Crippen LogP contribution >= 0.6 is 11.3 Å². The number of carbonyl (C=O) groups is 1. The van der Waals surface area contributed by atoms with Gasteiger partial charge in [-0.15, -0.1) is 11.3 Å². The van der Waals surface area contributed by atoms with Crippen LogP contribution in [0, 0.1) is 12.3 Å². The number of hydrogen-bond donors (Lipinski definition) is 2. The van der Waals surface area contributed by atoms with E-state index in [1.54, 1.807) is 11.3 Å². The normalized spacial score (nSPS) is 11.5. The Labute approximate surface area is 100 Å². The fourth-order valence-electron chi connectivity index (χ4n) is 1.13. The van der Waals surface area contributed by atoms with Gasteiger partial charge in [-0.05, 0) is 20.8 Å². The van der Waals surface area contributed by atoms with Crippen molar-refractivity contribution in [1.82, 2.24) is 10.3 Å². The first kappa shape index (κ1) is 13.1. The van der Waals surface area contributed by atoms with E-state index in [9.17, 15) is 4.79 Å². The van der Waals surface area contributed by atoms with Gasteiger partial charge in [0.25, 0.3) is 0 Å². The molecule has 0 bridgehead atoms. The summed E-state index contributed by atoms with van der Waals surface area (Å²) in [7, 11) is 0. The Balaban J connectivity index is 2.33. The maximum Gasteiger partial charge on any atom is 0.226 e. The summed E-state index contributed by atoms with van der Waals surface area (Å²) in [5.41, 5.74) is 6.07. The highest BCUT2D eigenvalue weighted by Gasteiger charge is 2.25. The SMILES string of the molecule is Cc1csc(CCNC(=O)C(C)(C)CN)n1. The molecule has 0 spiro atoms. The Kier molecular flexibility index (Phi) is 4.44. The summed E-state index contributed by atoms with van der Waals surface area (Å²) in [5.74, 6) is 0.00304. The molecule has 0 aliphatic heterocycles. The van der Waals surface area contributed by atoms with E-state index < -0.39 is 5.41 Å². The third kappa shape index (κ3) is 3.57. The summed E-state index contributed by atoms with van der Waals surface area (Å²) in [5, 5.41) is 5.95. The van der Waals surface area contributed by atoms with Crippen LogP contribution in [0.15, 0.2) is 5.38 Å². The summed E-state index contributed by atoms with van der Waals surface area (Å²) in [6, 6.07) is 0. The number of rotatable bonds is 5. The molecule has 1 aromatic heterocycles. The molecule has 0 radical (unpaired) electrons. The van der Waals surface area contributed by atoms with Crippen LogP contribution in [0.2, 0.25) is 0 Å². The largest absolute Gasteiger partial charge is 0.355 e.